The van der Waals surface area contributed by atoms with Gasteiger partial charge in [-0.25, -0.2) is 0 Å². The van der Waals surface area contributed by atoms with E-state index in [1.54, 1.807) is 70.6 Å². The van der Waals surface area contributed by atoms with E-state index >= 15 is 0 Å². The van der Waals surface area contributed by atoms with Gasteiger partial charge in [-0.05, 0) is 38.5 Å². The first kappa shape index (κ1) is 76.7. The lowest BCUT2D eigenvalue weighted by Crippen LogP contribution is -2.47. The molecule has 25 heteroatoms. The van der Waals surface area contributed by atoms with Crippen molar-refractivity contribution in [2.75, 3.05) is 195 Å². The maximum absolute atomic E-state index is 13.8. The number of rotatable bonds is 52. The van der Waals surface area contributed by atoms with Crippen molar-refractivity contribution in [1.82, 2.24) is 0 Å². The van der Waals surface area contributed by atoms with E-state index in [4.69, 9.17) is 61.6 Å². The van der Waals surface area contributed by atoms with Crippen molar-refractivity contribution in [1.29, 1.82) is 0 Å². The minimum atomic E-state index is -1.46. The molecule has 0 N–H and O–H groups in total. The summed E-state index contributed by atoms with van der Waals surface area (Å²) in [6, 6.07) is 0. The molecular formula is C64H106O19S6. The van der Waals surface area contributed by atoms with Crippen molar-refractivity contribution in [3.8, 4) is 0 Å². The van der Waals surface area contributed by atoms with Crippen LogP contribution in [0.5, 0.6) is 0 Å². The highest BCUT2D eigenvalue weighted by Crippen LogP contribution is 2.39. The molecule has 0 aromatic rings. The molecule has 6 saturated heterocycles. The molecule has 0 amide bonds. The van der Waals surface area contributed by atoms with E-state index in [1.807, 2.05) is 0 Å². The van der Waals surface area contributed by atoms with E-state index in [2.05, 4.69) is 41.5 Å². The van der Waals surface area contributed by atoms with E-state index in [9.17, 15) is 28.8 Å². The Balaban J connectivity index is 1.21. The van der Waals surface area contributed by atoms with Crippen molar-refractivity contribution < 1.29 is 90.3 Å². The van der Waals surface area contributed by atoms with Gasteiger partial charge in [-0.3, -0.25) is 28.8 Å². The number of hydrogen-bond donors (Lipinski definition) is 0. The van der Waals surface area contributed by atoms with Gasteiger partial charge in [-0.2, -0.15) is 70.6 Å². The van der Waals surface area contributed by atoms with E-state index in [0.717, 1.165) is 79.6 Å². The molecule has 19 nitrogen and oxygen atoms in total. The molecule has 6 aliphatic heterocycles. The molecule has 6 aliphatic rings. The molecule has 6 heterocycles. The van der Waals surface area contributed by atoms with Crippen LogP contribution in [0, 0.1) is 43.8 Å². The molecule has 0 aliphatic carbocycles. The summed E-state index contributed by atoms with van der Waals surface area (Å²) < 4.78 is 76.5. The second kappa shape index (κ2) is 39.6. The van der Waals surface area contributed by atoms with Crippen LogP contribution in [-0.4, -0.2) is 236 Å². The van der Waals surface area contributed by atoms with Gasteiger partial charge in [0, 0.05) is 102 Å². The summed E-state index contributed by atoms with van der Waals surface area (Å²) in [5.74, 6) is 5.53. The minimum absolute atomic E-state index is 0.0874. The standard InChI is InChI=1S/C64H106O19S6/c1-7-50-25-77-51(50)26-84-19-13-52(65)78-39-63(40-79-53(66)14-20-85-45-58(8-2)27-71-28-58,41-80-54(67)15-21-86-46-59(9-3)29-72-30-59)37-76-38-64(42-81-55(68)16-22-87-47-60(10-4)31-73-32-60,43-82-56(69)17-23-88-48-61(11-5)33-74-34-61)44-83-57(70)18-24-89-49-62(12-6)35-75-36-62/h50-51H,7-49H2,1-6H3. The average Bonchev–Trinajstić information content (AvgIpc) is 3.52. The van der Waals surface area contributed by atoms with Crippen LogP contribution in [0.2, 0.25) is 0 Å². The molecule has 6 fully saturated rings. The molecule has 0 saturated carbocycles. The van der Waals surface area contributed by atoms with Crippen LogP contribution >= 0.6 is 70.6 Å². The molecule has 0 radical (unpaired) electrons. The summed E-state index contributed by atoms with van der Waals surface area (Å²) in [7, 11) is 0. The second-order valence-corrected chi connectivity index (χ2v) is 32.7. The molecule has 2 atom stereocenters. The van der Waals surface area contributed by atoms with Gasteiger partial charge < -0.3 is 61.6 Å². The van der Waals surface area contributed by atoms with Crippen LogP contribution in [0.15, 0.2) is 0 Å². The van der Waals surface area contributed by atoms with E-state index < -0.39 is 46.6 Å². The Morgan fingerprint density at radius 1 is 0.360 bits per heavy atom. The Labute approximate surface area is 556 Å². The lowest BCUT2D eigenvalue weighted by Gasteiger charge is -2.40. The predicted molar refractivity (Wildman–Crippen MR) is 354 cm³/mol. The Morgan fingerprint density at radius 2 is 0.596 bits per heavy atom. The number of thioether (sulfide) groups is 6. The number of esters is 6. The number of ether oxygens (including phenoxy) is 13. The highest BCUT2D eigenvalue weighted by Gasteiger charge is 2.44. The summed E-state index contributed by atoms with van der Waals surface area (Å²) in [6.45, 7) is 17.7. The zero-order valence-electron chi connectivity index (χ0n) is 54.3. The Morgan fingerprint density at radius 3 is 0.775 bits per heavy atom. The van der Waals surface area contributed by atoms with Crippen LogP contribution in [-0.2, 0) is 90.3 Å². The zero-order chi connectivity index (χ0) is 64.0. The third-order valence-electron chi connectivity index (χ3n) is 18.5. The van der Waals surface area contributed by atoms with Crippen molar-refractivity contribution in [3.63, 3.8) is 0 Å². The van der Waals surface area contributed by atoms with Crippen molar-refractivity contribution in [3.05, 3.63) is 0 Å². The molecule has 6 rings (SSSR count). The monoisotopic (exact) mass is 1370 g/mol. The Bertz CT molecular complexity index is 1950. The fourth-order valence-corrected chi connectivity index (χ4v) is 17.6. The summed E-state index contributed by atoms with van der Waals surface area (Å²) in [4.78, 5) is 82.5. The van der Waals surface area contributed by atoms with Crippen LogP contribution < -0.4 is 0 Å². The van der Waals surface area contributed by atoms with Crippen LogP contribution in [0.1, 0.15) is 119 Å². The topological polar surface area (TPSA) is 222 Å². The van der Waals surface area contributed by atoms with E-state index in [1.165, 1.54) is 0 Å². The lowest BCUT2D eigenvalue weighted by atomic mass is 9.86. The smallest absolute Gasteiger partial charge is 0.306 e. The zero-order valence-corrected chi connectivity index (χ0v) is 59.2. The first-order chi connectivity index (χ1) is 43.0. The summed E-state index contributed by atoms with van der Waals surface area (Å²) in [5, 5.41) is 0. The fraction of sp³-hybridized carbons (Fsp3) is 0.906. The van der Waals surface area contributed by atoms with Crippen LogP contribution in [0.3, 0.4) is 0 Å². The first-order valence-electron chi connectivity index (χ1n) is 32.5. The highest BCUT2D eigenvalue weighted by molar-refractivity contribution is 8.00. The first-order valence-corrected chi connectivity index (χ1v) is 39.4. The van der Waals surface area contributed by atoms with E-state index in [0.29, 0.717) is 107 Å². The third kappa shape index (κ3) is 25.6. The maximum atomic E-state index is 13.8. The number of carbonyl (C=O) groups is 6. The van der Waals surface area contributed by atoms with Gasteiger partial charge in [-0.15, -0.1) is 0 Å². The summed E-state index contributed by atoms with van der Waals surface area (Å²) >= 11 is 9.94. The van der Waals surface area contributed by atoms with Gasteiger partial charge in [0.15, 0.2) is 0 Å². The molecule has 2 unspecified atom stereocenters. The van der Waals surface area contributed by atoms with Gasteiger partial charge in [0.25, 0.3) is 0 Å². The number of carbonyl (C=O) groups excluding carboxylic acids is 6. The normalized spacial score (nSPS) is 20.8. The second-order valence-electron chi connectivity index (χ2n) is 26.1. The van der Waals surface area contributed by atoms with Gasteiger partial charge in [0.05, 0.1) is 141 Å². The Hall–Kier alpha value is -1.36. The summed E-state index contributed by atoms with van der Waals surface area (Å²) in [5.41, 5.74) is -2.45. The van der Waals surface area contributed by atoms with Crippen molar-refractivity contribution in [2.24, 2.45) is 43.8 Å². The minimum Gasteiger partial charge on any atom is -0.465 e. The molecule has 0 bridgehead atoms. The quantitative estimate of drug-likeness (QED) is 0.0314. The summed E-state index contributed by atoms with van der Waals surface area (Å²) in [6.07, 6.45) is 6.61. The Kier molecular flexibility index (Phi) is 34.1. The lowest BCUT2D eigenvalue weighted by molar-refractivity contribution is -0.174. The molecule has 0 aromatic carbocycles. The van der Waals surface area contributed by atoms with Crippen molar-refractivity contribution >= 4 is 106 Å². The van der Waals surface area contributed by atoms with Crippen LogP contribution in [0.25, 0.3) is 0 Å². The van der Waals surface area contributed by atoms with E-state index in [-0.39, 0.29) is 125 Å². The van der Waals surface area contributed by atoms with Gasteiger partial charge >= 0.3 is 35.8 Å². The van der Waals surface area contributed by atoms with Crippen molar-refractivity contribution in [2.45, 2.75) is 125 Å². The van der Waals surface area contributed by atoms with Crippen LogP contribution in [0.4, 0.5) is 0 Å². The molecule has 0 aromatic heterocycles. The van der Waals surface area contributed by atoms with Gasteiger partial charge in [0.1, 0.15) is 39.6 Å². The molecule has 89 heavy (non-hydrogen) atoms. The maximum Gasteiger partial charge on any atom is 0.306 e. The third-order valence-corrected chi connectivity index (χ3v) is 26.1. The average molecular weight is 1370 g/mol. The predicted octanol–water partition coefficient (Wildman–Crippen LogP) is 9.53. The SMILES string of the molecule is CCC1COC1CSCCC(=O)OCC(COCC(COC(=O)CCSCC1(CC)COC1)(COC(=O)CCSCC1(CC)COC1)COC(=O)CCSCC1(CC)COC1)(COC(=O)CCSCC1(CC)COC1)COC(=O)CCSCC1(CC)COC1. The highest BCUT2D eigenvalue weighted by atomic mass is 32.2. The van der Waals surface area contributed by atoms with Gasteiger partial charge in [0.2, 0.25) is 0 Å². The molecular weight excluding hydrogens is 1270 g/mol. The number of hydrogen-bond acceptors (Lipinski definition) is 25. The molecule has 512 valence electrons. The van der Waals surface area contributed by atoms with Gasteiger partial charge in [-0.1, -0.05) is 41.5 Å². The largest absolute Gasteiger partial charge is 0.465 e. The fourth-order valence-electron chi connectivity index (χ4n) is 10.2. The molecule has 0 spiro atoms.